The molecule has 0 N–H and O–H groups in total. The van der Waals surface area contributed by atoms with Crippen molar-refractivity contribution in [2.24, 2.45) is 158 Å². The van der Waals surface area contributed by atoms with Crippen LogP contribution in [0.15, 0.2) is 0 Å². The average molecular weight is 2050 g/mol. The predicted molar refractivity (Wildman–Crippen MR) is 513 cm³/mol. The minimum Gasteiger partial charge on any atom is -0.465 e. The quantitative estimate of drug-likeness (QED) is 0.0420. The van der Waals surface area contributed by atoms with Crippen LogP contribution in [0.25, 0.3) is 0 Å². The van der Waals surface area contributed by atoms with E-state index >= 15 is 0 Å². The molecule has 1 spiro atoms. The van der Waals surface area contributed by atoms with E-state index in [1.807, 2.05) is 62.3 Å². The number of ether oxygens (including phenoxy) is 15. The monoisotopic (exact) mass is 2050 g/mol. The third kappa shape index (κ3) is 22.4. The number of hydrogen-bond donors (Lipinski definition) is 0. The van der Waals surface area contributed by atoms with Crippen LogP contribution in [0, 0.1) is 158 Å². The Kier molecular flexibility index (Phi) is 32.5. The molecule has 21 aliphatic rings. The lowest BCUT2D eigenvalue weighted by Gasteiger charge is -2.63. The van der Waals surface area contributed by atoms with Gasteiger partial charge in [0.15, 0.2) is 31.6 Å². The molecule has 13 atom stereocenters. The van der Waals surface area contributed by atoms with E-state index in [2.05, 4.69) is 6.92 Å². The first-order chi connectivity index (χ1) is 65.8. The summed E-state index contributed by atoms with van der Waals surface area (Å²) in [6.07, 6.45) is 20.6. The van der Waals surface area contributed by atoms with Crippen LogP contribution < -0.4 is 0 Å². The van der Waals surface area contributed by atoms with Crippen LogP contribution in [0.5, 0.6) is 0 Å². The van der Waals surface area contributed by atoms with Crippen LogP contribution in [0.1, 0.15) is 347 Å². The lowest BCUT2D eigenvalue weighted by Crippen LogP contribution is -2.64. The normalized spacial score (nSPS) is 37.4. The second kappa shape index (κ2) is 40.3. The van der Waals surface area contributed by atoms with Gasteiger partial charge in [-0.1, -0.05) is 76.2 Å². The lowest BCUT2D eigenvalue weighted by molar-refractivity contribution is -0.349. The fraction of sp³-hybridized carbons (Fsp3) is 0.901. The van der Waals surface area contributed by atoms with Crippen molar-refractivity contribution in [3.8, 4) is 0 Å². The summed E-state index contributed by atoms with van der Waals surface area (Å²) in [6, 6.07) is 0. The molecule has 3 saturated heterocycles. The maximum Gasteiger partial charge on any atom is 0.351 e. The molecule has 0 aromatic heterocycles. The maximum atomic E-state index is 14.0. The van der Waals surface area contributed by atoms with E-state index in [-0.39, 0.29) is 95.1 Å². The molecular weight excluding hydrogens is 1880 g/mol. The number of rotatable bonds is 22. The first kappa shape index (κ1) is 116. The summed E-state index contributed by atoms with van der Waals surface area (Å²) >= 11 is 0. The minimum atomic E-state index is -4.24. The lowest BCUT2D eigenvalue weighted by atomic mass is 9.44. The third-order valence-electron chi connectivity index (χ3n) is 38.0. The third-order valence-corrected chi connectivity index (χ3v) is 38.0. The van der Waals surface area contributed by atoms with Crippen LogP contribution in [-0.4, -0.2) is 193 Å². The number of esters is 11. The van der Waals surface area contributed by atoms with Crippen molar-refractivity contribution in [3.05, 3.63) is 0 Å². The highest BCUT2D eigenvalue weighted by molar-refractivity contribution is 5.95. The molecule has 21 rings (SSSR count). The molecule has 0 radical (unpaired) electrons. The predicted octanol–water partition coefficient (Wildman–Crippen LogP) is 21.6. The van der Waals surface area contributed by atoms with E-state index in [4.69, 9.17) is 71.1 Å². The topological polar surface area (TPSA) is 326 Å². The molecule has 820 valence electrons. The van der Waals surface area contributed by atoms with Crippen molar-refractivity contribution in [2.75, 3.05) is 73.7 Å². The molecule has 18 saturated carbocycles. The molecule has 3 heterocycles. The van der Waals surface area contributed by atoms with Gasteiger partial charge in [-0.05, 0) is 342 Å². The fourth-order valence-corrected chi connectivity index (χ4v) is 28.3. The van der Waals surface area contributed by atoms with Gasteiger partial charge in [0.25, 0.3) is 5.92 Å². The van der Waals surface area contributed by atoms with Crippen molar-refractivity contribution in [2.45, 2.75) is 401 Å². The molecule has 0 aromatic rings. The standard InChI is InChI=1S/C20H28F4O4.2C20H32O5.C19H30O4.C16H24F2O4.C16H25FO4/c1-16(2,3)15(25)26-9-17-6-12-4-13(7-17)20(14(5-12)8-17)27-10-18(21,22)19(23,24)11-28-20;1-13(23-5)25-17(22)20-9-14-6-15(10-20)8-19(7-14,11-20)12-24-16(21)18(2,3)4;1-12(23-5)25-18(22)20-8-13-6-14(9-20)16(15(7-13)10-20)11-24-17(21)19(2,3)4;1-18(2,3)17(21)22-10-16(20)23-11-19(4)14-6-12-5-13(8-14)9-15(19)7-12;1-12(2,3)16(17,18)9-21-11(20)15-8-7-14(6,10(19)22-15)13(15,4)5;1-13(2,3)10(17)9-20-12(19)16-8-7-15(6,11(18)21-16)14(16,4)5/h12-14H,4-11H2,1-3H3;13-15H,6-12H2,1-5H3;12-16H,6-11H2,1-5H3;12-15H,5-11H2,1-4H3;7-9H2,1-6H3;10H,7-9H2,1-6H3. The fourth-order valence-electron chi connectivity index (χ4n) is 28.3. The minimum absolute atomic E-state index is 0.0552. The summed E-state index contributed by atoms with van der Waals surface area (Å²) in [6.45, 7) is 45.4. The SMILES string of the molecule is CC(C)(C)C(=O)OCC(=O)OCC1(C)C2CC3CC(C2)CC1C3.CC(C)(C)C(=O)OCC12CC3CC(C1)C1(OCC(F)(F)C(F)(F)CO1)C(C3)C2.CC(C)(C)C(F)(F)COC(=O)C12CCC(C)(C(=O)O1)C2(C)C.CC(C)(C)C(F)COC(=O)C12CCC(C)(C(=O)O1)C2(C)C.COC(C)OC(=O)C12CC3CC(C1)C(COC(=O)C(C)(C)C)C(C3)C2.COC(C)OC(=O)C12CC3CC(CC(COC(=O)C(C)(C)C)(C3)C1)C2. The van der Waals surface area contributed by atoms with E-state index in [0.29, 0.717) is 124 Å². The van der Waals surface area contributed by atoms with Crippen molar-refractivity contribution >= 4 is 65.7 Å². The first-order valence-electron chi connectivity index (χ1n) is 53.0. The Bertz CT molecular complexity index is 4630. The van der Waals surface area contributed by atoms with Crippen molar-refractivity contribution < 1.29 is 155 Å². The van der Waals surface area contributed by atoms with Gasteiger partial charge in [0, 0.05) is 58.5 Å². The van der Waals surface area contributed by atoms with Gasteiger partial charge in [-0.25, -0.2) is 27.6 Å². The van der Waals surface area contributed by atoms with E-state index in [1.54, 1.807) is 111 Å². The Morgan fingerprint density at radius 3 is 1.19 bits per heavy atom. The zero-order chi connectivity index (χ0) is 108. The maximum absolute atomic E-state index is 14.0. The van der Waals surface area contributed by atoms with Crippen LogP contribution in [0.3, 0.4) is 0 Å². The van der Waals surface area contributed by atoms with E-state index in [9.17, 15) is 83.5 Å². The van der Waals surface area contributed by atoms with E-state index in [0.717, 1.165) is 82.5 Å². The Balaban J connectivity index is 0.000000154. The van der Waals surface area contributed by atoms with Crippen LogP contribution >= 0.6 is 0 Å². The van der Waals surface area contributed by atoms with Crippen LogP contribution in [-0.2, 0) is 124 Å². The molecule has 0 amide bonds. The molecule has 21 fully saturated rings. The molecule has 0 aromatic carbocycles. The van der Waals surface area contributed by atoms with Gasteiger partial charge in [-0.2, -0.15) is 17.6 Å². The molecule has 3 aliphatic heterocycles. The van der Waals surface area contributed by atoms with Gasteiger partial charge in [0.05, 0.1) is 69.7 Å². The van der Waals surface area contributed by atoms with Crippen molar-refractivity contribution in [1.82, 2.24) is 0 Å². The number of fused-ring (bicyclic) bond motifs is 4. The summed E-state index contributed by atoms with van der Waals surface area (Å²) in [5.41, 5.74) is -10.6. The molecule has 20 bridgehead atoms. The van der Waals surface area contributed by atoms with Gasteiger partial charge >= 0.3 is 77.5 Å². The van der Waals surface area contributed by atoms with Crippen LogP contribution in [0.2, 0.25) is 0 Å². The number of methoxy groups -OCH3 is 2. The van der Waals surface area contributed by atoms with Crippen LogP contribution in [0.4, 0.5) is 30.7 Å². The molecule has 18 aliphatic carbocycles. The van der Waals surface area contributed by atoms with Gasteiger partial charge in [-0.15, -0.1) is 0 Å². The second-order valence-electron chi connectivity index (χ2n) is 55.2. The smallest absolute Gasteiger partial charge is 0.351 e. The molecule has 144 heavy (non-hydrogen) atoms. The number of halogens is 7. The Labute approximate surface area is 848 Å². The summed E-state index contributed by atoms with van der Waals surface area (Å²) < 4.78 is 178. The highest BCUT2D eigenvalue weighted by Crippen LogP contribution is 2.72. The number of hydrogen-bond acceptors (Lipinski definition) is 26. The van der Waals surface area contributed by atoms with Gasteiger partial charge < -0.3 is 71.1 Å². The largest absolute Gasteiger partial charge is 0.465 e. The van der Waals surface area contributed by atoms with Crippen molar-refractivity contribution in [3.63, 3.8) is 0 Å². The highest BCUT2D eigenvalue weighted by atomic mass is 19.3. The van der Waals surface area contributed by atoms with E-state index in [1.165, 1.54) is 59.3 Å². The number of alkyl halides is 7. The number of carbonyl (C=O) groups excluding carboxylic acids is 11. The molecular formula is C111H171F7O26. The summed E-state index contributed by atoms with van der Waals surface area (Å²) in [5.74, 6) is -10.8. The molecule has 13 unspecified atom stereocenters. The van der Waals surface area contributed by atoms with E-state index < -0.39 is 157 Å². The number of carbonyl (C=O) groups is 11. The van der Waals surface area contributed by atoms with Crippen molar-refractivity contribution in [1.29, 1.82) is 0 Å². The molecule has 26 nitrogen and oxygen atoms in total. The van der Waals surface area contributed by atoms with Gasteiger partial charge in [0.2, 0.25) is 11.2 Å². The Morgan fingerprint density at radius 2 is 0.792 bits per heavy atom. The summed E-state index contributed by atoms with van der Waals surface area (Å²) in [4.78, 5) is 135. The first-order valence-corrected chi connectivity index (χ1v) is 53.0. The Hall–Kier alpha value is -6.48. The summed E-state index contributed by atoms with van der Waals surface area (Å²) in [7, 11) is 3.10. The second-order valence-corrected chi connectivity index (χ2v) is 55.2. The average Bonchev–Trinajstić information content (AvgIpc) is 1.55. The zero-order valence-corrected chi connectivity index (χ0v) is 91.5. The molecule has 33 heteroatoms. The van der Waals surface area contributed by atoms with Gasteiger partial charge in [-0.3, -0.25) is 38.4 Å². The highest BCUT2D eigenvalue weighted by Gasteiger charge is 2.79. The Morgan fingerprint density at radius 1 is 0.410 bits per heavy atom. The zero-order valence-electron chi connectivity index (χ0n) is 91.5. The summed E-state index contributed by atoms with van der Waals surface area (Å²) in [5, 5.41) is 0. The van der Waals surface area contributed by atoms with Gasteiger partial charge in [0.1, 0.15) is 26.0 Å².